The number of aromatic nitrogens is 3. The Hall–Kier alpha value is -2.51. The average Bonchev–Trinajstić information content (AvgIpc) is 2.73. The van der Waals surface area contributed by atoms with Crippen molar-refractivity contribution in [2.75, 3.05) is 5.32 Å². The second-order valence-electron chi connectivity index (χ2n) is 3.72. The van der Waals surface area contributed by atoms with Crippen LogP contribution in [-0.2, 0) is 6.54 Å². The van der Waals surface area contributed by atoms with Crippen LogP contribution in [0.3, 0.4) is 0 Å². The molecule has 0 aliphatic heterocycles. The van der Waals surface area contributed by atoms with E-state index < -0.39 is 4.92 Å². The van der Waals surface area contributed by atoms with E-state index in [1.807, 2.05) is 0 Å². The molecule has 0 amide bonds. The Balaban J connectivity index is 2.16. The SMILES string of the molecule is Cc1cnc(NCc2noc(C)n2)c([N+](=O)[O-])c1. The van der Waals surface area contributed by atoms with E-state index in [9.17, 15) is 10.1 Å². The number of anilines is 1. The summed E-state index contributed by atoms with van der Waals surface area (Å²) in [5, 5.41) is 17.4. The van der Waals surface area contributed by atoms with Gasteiger partial charge in [0.25, 0.3) is 0 Å². The molecule has 2 heterocycles. The minimum absolute atomic E-state index is 0.0739. The van der Waals surface area contributed by atoms with Gasteiger partial charge in [0.15, 0.2) is 5.82 Å². The predicted octanol–water partition coefficient (Wildman–Crippen LogP) is 1.60. The van der Waals surface area contributed by atoms with Crippen LogP contribution in [0.2, 0.25) is 0 Å². The molecule has 0 atom stereocenters. The van der Waals surface area contributed by atoms with Gasteiger partial charge >= 0.3 is 5.69 Å². The van der Waals surface area contributed by atoms with E-state index in [4.69, 9.17) is 4.52 Å². The lowest BCUT2D eigenvalue weighted by molar-refractivity contribution is -0.384. The van der Waals surface area contributed by atoms with E-state index in [1.54, 1.807) is 20.0 Å². The van der Waals surface area contributed by atoms with Crippen LogP contribution in [0.5, 0.6) is 0 Å². The van der Waals surface area contributed by atoms with Crippen molar-refractivity contribution in [2.24, 2.45) is 0 Å². The molecule has 0 fully saturated rings. The van der Waals surface area contributed by atoms with E-state index in [0.29, 0.717) is 11.7 Å². The zero-order valence-corrected chi connectivity index (χ0v) is 9.88. The summed E-state index contributed by atoms with van der Waals surface area (Å²) in [4.78, 5) is 18.3. The molecular formula is C10H11N5O3. The summed E-state index contributed by atoms with van der Waals surface area (Å²) in [6, 6.07) is 1.46. The smallest absolute Gasteiger partial charge is 0.311 e. The highest BCUT2D eigenvalue weighted by atomic mass is 16.6. The van der Waals surface area contributed by atoms with Gasteiger partial charge in [-0.2, -0.15) is 4.98 Å². The van der Waals surface area contributed by atoms with E-state index in [-0.39, 0.29) is 18.1 Å². The van der Waals surface area contributed by atoms with Crippen molar-refractivity contribution in [1.82, 2.24) is 15.1 Å². The first-order valence-corrected chi connectivity index (χ1v) is 5.20. The summed E-state index contributed by atoms with van der Waals surface area (Å²) < 4.78 is 4.79. The molecule has 0 aliphatic carbocycles. The van der Waals surface area contributed by atoms with Crippen LogP contribution < -0.4 is 5.32 Å². The van der Waals surface area contributed by atoms with Crippen molar-refractivity contribution in [3.8, 4) is 0 Å². The van der Waals surface area contributed by atoms with Crippen LogP contribution in [0.4, 0.5) is 11.5 Å². The fraction of sp³-hybridized carbons (Fsp3) is 0.300. The maximum Gasteiger partial charge on any atom is 0.311 e. The van der Waals surface area contributed by atoms with Gasteiger partial charge in [-0.1, -0.05) is 5.16 Å². The molecule has 0 radical (unpaired) electrons. The molecule has 0 saturated heterocycles. The quantitative estimate of drug-likeness (QED) is 0.647. The first-order chi connectivity index (χ1) is 8.56. The number of aryl methyl sites for hydroxylation is 2. The number of hydrogen-bond acceptors (Lipinski definition) is 7. The molecule has 0 saturated carbocycles. The van der Waals surface area contributed by atoms with Crippen LogP contribution >= 0.6 is 0 Å². The molecule has 2 aromatic rings. The first kappa shape index (κ1) is 12.0. The lowest BCUT2D eigenvalue weighted by Crippen LogP contribution is -2.06. The maximum atomic E-state index is 10.9. The van der Waals surface area contributed by atoms with Gasteiger partial charge in [0.2, 0.25) is 11.7 Å². The van der Waals surface area contributed by atoms with Crippen molar-refractivity contribution >= 4 is 11.5 Å². The van der Waals surface area contributed by atoms with Crippen molar-refractivity contribution in [3.63, 3.8) is 0 Å². The van der Waals surface area contributed by atoms with E-state index in [0.717, 1.165) is 5.56 Å². The largest absolute Gasteiger partial charge is 0.357 e. The van der Waals surface area contributed by atoms with Gasteiger partial charge < -0.3 is 9.84 Å². The summed E-state index contributed by atoms with van der Waals surface area (Å²) in [5.74, 6) is 1.05. The lowest BCUT2D eigenvalue weighted by Gasteiger charge is -2.03. The van der Waals surface area contributed by atoms with Gasteiger partial charge in [0, 0.05) is 19.2 Å². The summed E-state index contributed by atoms with van der Waals surface area (Å²) in [6.45, 7) is 3.63. The Labute approximate surface area is 102 Å². The third-order valence-corrected chi connectivity index (χ3v) is 2.18. The minimum Gasteiger partial charge on any atom is -0.357 e. The normalized spacial score (nSPS) is 10.3. The molecule has 2 aromatic heterocycles. The van der Waals surface area contributed by atoms with Crippen molar-refractivity contribution < 1.29 is 9.45 Å². The van der Waals surface area contributed by atoms with Crippen LogP contribution in [0.1, 0.15) is 17.3 Å². The van der Waals surface area contributed by atoms with Crippen LogP contribution in [-0.4, -0.2) is 20.0 Å². The fourth-order valence-electron chi connectivity index (χ4n) is 1.41. The van der Waals surface area contributed by atoms with E-state index >= 15 is 0 Å². The third-order valence-electron chi connectivity index (χ3n) is 2.18. The molecule has 2 rings (SSSR count). The van der Waals surface area contributed by atoms with Crippen molar-refractivity contribution in [3.05, 3.63) is 39.7 Å². The van der Waals surface area contributed by atoms with Crippen LogP contribution in [0, 0.1) is 24.0 Å². The number of nitrogens with one attached hydrogen (secondary N) is 1. The van der Waals surface area contributed by atoms with Gasteiger partial charge in [-0.3, -0.25) is 10.1 Å². The zero-order chi connectivity index (χ0) is 13.1. The molecule has 0 unspecified atom stereocenters. The summed E-state index contributed by atoms with van der Waals surface area (Å²) in [7, 11) is 0. The maximum absolute atomic E-state index is 10.9. The van der Waals surface area contributed by atoms with E-state index in [2.05, 4.69) is 20.4 Å². The minimum atomic E-state index is -0.482. The van der Waals surface area contributed by atoms with E-state index in [1.165, 1.54) is 6.07 Å². The number of nitro groups is 1. The number of rotatable bonds is 4. The number of nitrogens with zero attached hydrogens (tertiary/aromatic N) is 4. The molecule has 0 bridgehead atoms. The lowest BCUT2D eigenvalue weighted by atomic mass is 10.3. The molecule has 8 heteroatoms. The predicted molar refractivity (Wildman–Crippen MR) is 62.0 cm³/mol. The average molecular weight is 249 g/mol. The summed E-state index contributed by atoms with van der Waals surface area (Å²) in [5.41, 5.74) is 0.651. The van der Waals surface area contributed by atoms with Crippen LogP contribution in [0.15, 0.2) is 16.8 Å². The molecule has 0 aliphatic rings. The van der Waals surface area contributed by atoms with Gasteiger partial charge in [-0.05, 0) is 12.5 Å². The highest BCUT2D eigenvalue weighted by molar-refractivity contribution is 5.56. The standard InChI is InChI=1S/C10H11N5O3/c1-6-3-8(15(16)17)10(11-4-6)12-5-9-13-7(2)18-14-9/h3-4H,5H2,1-2H3,(H,11,12). The first-order valence-electron chi connectivity index (χ1n) is 5.20. The summed E-state index contributed by atoms with van der Waals surface area (Å²) >= 11 is 0. The highest BCUT2D eigenvalue weighted by Crippen LogP contribution is 2.22. The Morgan fingerprint density at radius 1 is 1.50 bits per heavy atom. The monoisotopic (exact) mass is 249 g/mol. The topological polar surface area (TPSA) is 107 Å². The highest BCUT2D eigenvalue weighted by Gasteiger charge is 2.15. The molecule has 0 spiro atoms. The second kappa shape index (κ2) is 4.78. The molecule has 94 valence electrons. The van der Waals surface area contributed by atoms with Crippen molar-refractivity contribution in [2.45, 2.75) is 20.4 Å². The Morgan fingerprint density at radius 3 is 2.89 bits per heavy atom. The number of hydrogen-bond donors (Lipinski definition) is 1. The molecule has 0 aromatic carbocycles. The molecule has 1 N–H and O–H groups in total. The Morgan fingerprint density at radius 2 is 2.28 bits per heavy atom. The fourth-order valence-corrected chi connectivity index (χ4v) is 1.41. The second-order valence-corrected chi connectivity index (χ2v) is 3.72. The zero-order valence-electron chi connectivity index (χ0n) is 9.88. The molecule has 8 nitrogen and oxygen atoms in total. The Kier molecular flexibility index (Phi) is 3.18. The van der Waals surface area contributed by atoms with Gasteiger partial charge in [-0.15, -0.1) is 0 Å². The van der Waals surface area contributed by atoms with Gasteiger partial charge in [0.05, 0.1) is 11.5 Å². The Bertz CT molecular complexity index is 581. The number of pyridine rings is 1. The van der Waals surface area contributed by atoms with Crippen LogP contribution in [0.25, 0.3) is 0 Å². The van der Waals surface area contributed by atoms with Gasteiger partial charge in [0.1, 0.15) is 0 Å². The van der Waals surface area contributed by atoms with Gasteiger partial charge in [-0.25, -0.2) is 4.98 Å². The summed E-state index contributed by atoms with van der Waals surface area (Å²) in [6.07, 6.45) is 1.55. The molecular weight excluding hydrogens is 238 g/mol. The third kappa shape index (κ3) is 2.59. The van der Waals surface area contributed by atoms with Crippen molar-refractivity contribution in [1.29, 1.82) is 0 Å². The molecule has 18 heavy (non-hydrogen) atoms.